The molecule has 0 fully saturated rings. The van der Waals surface area contributed by atoms with Crippen LogP contribution in [0.2, 0.25) is 0 Å². The van der Waals surface area contributed by atoms with Gasteiger partial charge in [0.25, 0.3) is 0 Å². The Morgan fingerprint density at radius 3 is 1.70 bits per heavy atom. The average molecular weight is 187 g/mol. The van der Waals surface area contributed by atoms with Crippen molar-refractivity contribution in [2.24, 2.45) is 5.73 Å². The molecule has 0 aromatic carbocycles. The molecule has 2 unspecified atom stereocenters. The van der Waals surface area contributed by atoms with Crippen molar-refractivity contribution in [3.63, 3.8) is 0 Å². The number of rotatable bonds is 4. The van der Waals surface area contributed by atoms with E-state index in [1.165, 1.54) is 0 Å². The van der Waals surface area contributed by atoms with Gasteiger partial charge in [0.2, 0.25) is 0 Å². The molecule has 0 rings (SSSR count). The van der Waals surface area contributed by atoms with Crippen molar-refractivity contribution in [1.29, 1.82) is 0 Å². The van der Waals surface area contributed by atoms with Crippen LogP contribution in [-0.4, -0.2) is 6.41 Å². The van der Waals surface area contributed by atoms with Gasteiger partial charge in [0.05, 0.1) is 0 Å². The molecule has 0 aromatic rings. The zero-order valence-electron chi connectivity index (χ0n) is 4.50. The third kappa shape index (κ3) is 6.12. The second kappa shape index (κ2) is 4.76. The van der Waals surface area contributed by atoms with Crippen LogP contribution in [0, 0.1) is 0 Å². The predicted molar refractivity (Wildman–Crippen MR) is 25.4 cm³/mol. The Hall–Kier alpha value is -0.0000000000000000763. The number of nitrogens with two attached hydrogens (primary N) is 1. The maximum Gasteiger partial charge on any atom is 0.492 e. The molecule has 0 radical (unpaired) electrons. The molecular formula is CH3NO6P2. The van der Waals surface area contributed by atoms with Crippen molar-refractivity contribution >= 4 is 16.5 Å². The molecule has 2 N–H and O–H groups in total. The predicted octanol–water partition coefficient (Wildman–Crippen LogP) is -1.70. The largest absolute Gasteiger partial charge is 0.566 e. The lowest BCUT2D eigenvalue weighted by Gasteiger charge is -1.96. The van der Waals surface area contributed by atoms with Gasteiger partial charge < -0.3 is 9.79 Å². The highest BCUT2D eigenvalue weighted by Gasteiger charge is 2.19. The fraction of sp³-hybridized carbons (Fsp3) is 1.00. The average Bonchev–Trinajstić information content (AvgIpc) is 1.58. The van der Waals surface area contributed by atoms with Crippen LogP contribution < -0.4 is 15.5 Å². The molecule has 2 atom stereocenters. The lowest BCUT2D eigenvalue weighted by molar-refractivity contribution is -0.213. The fourth-order valence-electron chi connectivity index (χ4n) is 0.189. The van der Waals surface area contributed by atoms with E-state index in [0.29, 0.717) is 0 Å². The van der Waals surface area contributed by atoms with E-state index in [9.17, 15) is 18.9 Å². The molecular weight excluding hydrogens is 184 g/mol. The van der Waals surface area contributed by atoms with Gasteiger partial charge in [0, 0.05) is 0 Å². The quantitative estimate of drug-likeness (QED) is 0.410. The van der Waals surface area contributed by atoms with Crippen LogP contribution in [0.4, 0.5) is 0 Å². The molecule has 0 saturated heterocycles. The third-order valence-corrected chi connectivity index (χ3v) is 1.14. The molecule has 0 bridgehead atoms. The Balaban J connectivity index is 3.53. The summed E-state index contributed by atoms with van der Waals surface area (Å²) in [4.78, 5) is 19.3. The summed E-state index contributed by atoms with van der Waals surface area (Å²) in [5, 5.41) is 0. The van der Waals surface area contributed by atoms with E-state index in [1.54, 1.807) is 0 Å². The monoisotopic (exact) mass is 187 g/mol. The summed E-state index contributed by atoms with van der Waals surface area (Å²) in [5.41, 5.74) is 4.66. The van der Waals surface area contributed by atoms with E-state index < -0.39 is 22.9 Å². The van der Waals surface area contributed by atoms with Crippen molar-refractivity contribution in [2.75, 3.05) is 0 Å². The highest BCUT2D eigenvalue weighted by atomic mass is 31.1. The van der Waals surface area contributed by atoms with E-state index >= 15 is 0 Å². The van der Waals surface area contributed by atoms with Crippen LogP contribution in [0.5, 0.6) is 0 Å². The second-order valence-corrected chi connectivity index (χ2v) is 2.34. The molecule has 0 aliphatic rings. The van der Waals surface area contributed by atoms with Crippen molar-refractivity contribution in [1.82, 2.24) is 0 Å². The molecule has 0 aromatic heterocycles. The van der Waals surface area contributed by atoms with Crippen molar-refractivity contribution in [2.45, 2.75) is 6.41 Å². The van der Waals surface area contributed by atoms with Gasteiger partial charge in [0.1, 0.15) is 0 Å². The van der Waals surface area contributed by atoms with Gasteiger partial charge in [-0.3, -0.25) is 5.73 Å². The van der Waals surface area contributed by atoms with Crippen LogP contribution >= 0.6 is 16.5 Å². The lowest BCUT2D eigenvalue weighted by Crippen LogP contribution is -2.24. The normalized spacial score (nSPS) is 16.3. The van der Waals surface area contributed by atoms with Gasteiger partial charge in [-0.1, -0.05) is 9.05 Å². The summed E-state index contributed by atoms with van der Waals surface area (Å²) in [6, 6.07) is 0. The Morgan fingerprint density at radius 2 is 1.50 bits per heavy atom. The third-order valence-electron chi connectivity index (χ3n) is 0.380. The van der Waals surface area contributed by atoms with Crippen LogP contribution in [0.25, 0.3) is 0 Å². The molecule has 0 heterocycles. The van der Waals surface area contributed by atoms with E-state index in [1.807, 2.05) is 0 Å². The first-order valence-electron chi connectivity index (χ1n) is 1.90. The first-order valence-corrected chi connectivity index (χ1v) is 4.09. The Morgan fingerprint density at radius 1 is 1.20 bits per heavy atom. The molecule has 10 heavy (non-hydrogen) atoms. The van der Waals surface area contributed by atoms with Crippen molar-refractivity contribution in [3.05, 3.63) is 0 Å². The standard InChI is InChI=1S/CH3NO6P2/c2-1(7-9(3)4)8-10(5)6/h1H,2H2. The molecule has 0 saturated carbocycles. The summed E-state index contributed by atoms with van der Waals surface area (Å²) in [7, 11) is -6.38. The Labute approximate surface area is 57.7 Å². The zero-order chi connectivity index (χ0) is 8.15. The lowest BCUT2D eigenvalue weighted by atomic mass is 11.2. The van der Waals surface area contributed by atoms with Crippen LogP contribution in [-0.2, 0) is 18.2 Å². The minimum Gasteiger partial charge on any atom is -0.566 e. The molecule has 9 heteroatoms. The summed E-state index contributed by atoms with van der Waals surface area (Å²) in [6.45, 7) is 0. The van der Waals surface area contributed by atoms with Gasteiger partial charge >= 0.3 is 22.9 Å². The van der Waals surface area contributed by atoms with Crippen molar-refractivity contribution < 1.29 is 28.0 Å². The van der Waals surface area contributed by atoms with E-state index in [4.69, 9.17) is 0 Å². The van der Waals surface area contributed by atoms with Crippen LogP contribution in [0.3, 0.4) is 0 Å². The van der Waals surface area contributed by atoms with Gasteiger partial charge in [-0.2, -0.15) is 0 Å². The Bertz CT molecular complexity index is 131. The first kappa shape index (κ1) is 10.0. The summed E-state index contributed by atoms with van der Waals surface area (Å²) in [5.74, 6) is 0. The highest BCUT2D eigenvalue weighted by Crippen LogP contribution is 2.17. The van der Waals surface area contributed by atoms with E-state index in [-0.39, 0.29) is 0 Å². The van der Waals surface area contributed by atoms with Crippen molar-refractivity contribution in [3.8, 4) is 0 Å². The van der Waals surface area contributed by atoms with Gasteiger partial charge in [-0.05, 0) is 9.13 Å². The molecule has 0 spiro atoms. The fourth-order valence-corrected chi connectivity index (χ4v) is 0.682. The van der Waals surface area contributed by atoms with Gasteiger partial charge in [-0.15, -0.1) is 0 Å². The minimum absolute atomic E-state index is 1.78. The molecule has 58 valence electrons. The minimum atomic E-state index is -3.19. The zero-order valence-corrected chi connectivity index (χ0v) is 6.29. The molecule has 0 aliphatic carbocycles. The maximum atomic E-state index is 9.65. The van der Waals surface area contributed by atoms with Gasteiger partial charge in [0.15, 0.2) is 0 Å². The summed E-state index contributed by atoms with van der Waals surface area (Å²) in [6.07, 6.45) is -1.78. The van der Waals surface area contributed by atoms with Gasteiger partial charge in [-0.25, -0.2) is 0 Å². The molecule has 7 nitrogen and oxygen atoms in total. The Kier molecular flexibility index (Phi) is 4.76. The smallest absolute Gasteiger partial charge is 0.492 e. The highest BCUT2D eigenvalue weighted by molar-refractivity contribution is 7.31. The molecule has 0 amide bonds. The molecule has 0 aliphatic heterocycles. The second-order valence-electron chi connectivity index (χ2n) is 1.03. The number of hydrogen-bond donors (Lipinski definition) is 1. The topological polar surface area (TPSA) is 125 Å². The maximum absolute atomic E-state index is 9.65. The van der Waals surface area contributed by atoms with E-state index in [0.717, 1.165) is 0 Å². The summed E-state index contributed by atoms with van der Waals surface area (Å²) < 4.78 is 26.7. The van der Waals surface area contributed by atoms with Crippen LogP contribution in [0.1, 0.15) is 0 Å². The number of hydrogen-bond acceptors (Lipinski definition) is 7. The van der Waals surface area contributed by atoms with Crippen LogP contribution in [0.15, 0.2) is 0 Å². The SMILES string of the molecule is NC(O[P+](=O)[O-])O[P+](=O)[O-]. The van der Waals surface area contributed by atoms with E-state index in [2.05, 4.69) is 14.8 Å². The first-order chi connectivity index (χ1) is 4.52. The summed E-state index contributed by atoms with van der Waals surface area (Å²) >= 11 is 0.